The van der Waals surface area contributed by atoms with Gasteiger partial charge in [-0.05, 0) is 42.9 Å². The SMILES string of the molecule is CC(C)c1ccc(N2CCCC2CCO)cc1. The Kier molecular flexibility index (Phi) is 4.06. The summed E-state index contributed by atoms with van der Waals surface area (Å²) >= 11 is 0. The molecule has 2 heteroatoms. The van der Waals surface area contributed by atoms with Crippen LogP contribution in [0.5, 0.6) is 0 Å². The molecule has 1 heterocycles. The number of benzene rings is 1. The second kappa shape index (κ2) is 5.54. The predicted octanol–water partition coefficient (Wildman–Crippen LogP) is 3.16. The van der Waals surface area contributed by atoms with Crippen molar-refractivity contribution >= 4 is 5.69 Å². The smallest absolute Gasteiger partial charge is 0.0450 e. The number of aliphatic hydroxyl groups is 1. The van der Waals surface area contributed by atoms with E-state index in [0.29, 0.717) is 18.6 Å². The molecule has 2 nitrogen and oxygen atoms in total. The Labute approximate surface area is 104 Å². The summed E-state index contributed by atoms with van der Waals surface area (Å²) in [5.74, 6) is 0.593. The Bertz CT molecular complexity index is 344. The maximum atomic E-state index is 9.08. The van der Waals surface area contributed by atoms with Crippen molar-refractivity contribution in [1.29, 1.82) is 0 Å². The van der Waals surface area contributed by atoms with Crippen molar-refractivity contribution in [3.05, 3.63) is 29.8 Å². The average molecular weight is 233 g/mol. The standard InChI is InChI=1S/C15H23NO/c1-12(2)13-5-7-15(8-6-13)16-10-3-4-14(16)9-11-17/h5-8,12,14,17H,3-4,9-11H2,1-2H3. The molecular formula is C15H23NO. The van der Waals surface area contributed by atoms with Crippen LogP contribution in [0.25, 0.3) is 0 Å². The Balaban J connectivity index is 2.10. The number of anilines is 1. The van der Waals surface area contributed by atoms with Gasteiger partial charge in [-0.1, -0.05) is 26.0 Å². The fourth-order valence-electron chi connectivity index (χ4n) is 2.68. The molecule has 1 atom stereocenters. The van der Waals surface area contributed by atoms with Gasteiger partial charge in [0.15, 0.2) is 0 Å². The van der Waals surface area contributed by atoms with Crippen molar-refractivity contribution in [3.63, 3.8) is 0 Å². The van der Waals surface area contributed by atoms with E-state index < -0.39 is 0 Å². The zero-order valence-electron chi connectivity index (χ0n) is 10.9. The number of aliphatic hydroxyl groups excluding tert-OH is 1. The lowest BCUT2D eigenvalue weighted by Crippen LogP contribution is -2.29. The molecule has 0 spiro atoms. The third kappa shape index (κ3) is 2.81. The van der Waals surface area contributed by atoms with Crippen LogP contribution in [0, 0.1) is 0 Å². The van der Waals surface area contributed by atoms with Gasteiger partial charge in [0, 0.05) is 24.9 Å². The van der Waals surface area contributed by atoms with Crippen LogP contribution in [0.3, 0.4) is 0 Å². The van der Waals surface area contributed by atoms with Gasteiger partial charge in [-0.3, -0.25) is 0 Å². The predicted molar refractivity (Wildman–Crippen MR) is 72.6 cm³/mol. The first-order valence-electron chi connectivity index (χ1n) is 6.70. The quantitative estimate of drug-likeness (QED) is 0.863. The van der Waals surface area contributed by atoms with Gasteiger partial charge in [0.25, 0.3) is 0 Å². The lowest BCUT2D eigenvalue weighted by Gasteiger charge is -2.26. The molecule has 0 amide bonds. The maximum Gasteiger partial charge on any atom is 0.0450 e. The molecule has 0 saturated carbocycles. The number of rotatable bonds is 4. The first-order chi connectivity index (χ1) is 8.22. The topological polar surface area (TPSA) is 23.5 Å². The second-order valence-electron chi connectivity index (χ2n) is 5.25. The van der Waals surface area contributed by atoms with Crippen molar-refractivity contribution in [2.45, 2.75) is 45.1 Å². The number of hydrogen-bond donors (Lipinski definition) is 1. The van der Waals surface area contributed by atoms with E-state index in [1.807, 2.05) is 0 Å². The summed E-state index contributed by atoms with van der Waals surface area (Å²) < 4.78 is 0. The van der Waals surface area contributed by atoms with E-state index >= 15 is 0 Å². The summed E-state index contributed by atoms with van der Waals surface area (Å²) in [6.07, 6.45) is 3.36. The molecule has 1 fully saturated rings. The van der Waals surface area contributed by atoms with E-state index in [1.165, 1.54) is 24.1 Å². The maximum absolute atomic E-state index is 9.08. The molecule has 0 radical (unpaired) electrons. The van der Waals surface area contributed by atoms with Gasteiger partial charge < -0.3 is 10.0 Å². The van der Waals surface area contributed by atoms with Gasteiger partial charge in [-0.15, -0.1) is 0 Å². The highest BCUT2D eigenvalue weighted by Gasteiger charge is 2.23. The first kappa shape index (κ1) is 12.4. The zero-order valence-corrected chi connectivity index (χ0v) is 10.9. The average Bonchev–Trinajstić information content (AvgIpc) is 2.78. The van der Waals surface area contributed by atoms with Crippen LogP contribution in [0.2, 0.25) is 0 Å². The van der Waals surface area contributed by atoms with E-state index in [1.54, 1.807) is 0 Å². The van der Waals surface area contributed by atoms with Crippen LogP contribution in [0.15, 0.2) is 24.3 Å². The summed E-state index contributed by atoms with van der Waals surface area (Å²) in [7, 11) is 0. The van der Waals surface area contributed by atoms with Gasteiger partial charge in [-0.2, -0.15) is 0 Å². The molecule has 2 rings (SSSR count). The number of hydrogen-bond acceptors (Lipinski definition) is 2. The van der Waals surface area contributed by atoms with E-state index in [-0.39, 0.29) is 0 Å². The van der Waals surface area contributed by atoms with Gasteiger partial charge >= 0.3 is 0 Å². The third-order valence-corrected chi connectivity index (χ3v) is 3.73. The van der Waals surface area contributed by atoms with E-state index in [2.05, 4.69) is 43.0 Å². The Morgan fingerprint density at radius 1 is 1.29 bits per heavy atom. The van der Waals surface area contributed by atoms with E-state index in [9.17, 15) is 0 Å². The lowest BCUT2D eigenvalue weighted by molar-refractivity contribution is 0.276. The molecule has 1 N–H and O–H groups in total. The molecule has 1 aromatic carbocycles. The Morgan fingerprint density at radius 2 is 2.00 bits per heavy atom. The molecule has 17 heavy (non-hydrogen) atoms. The molecule has 1 saturated heterocycles. The van der Waals surface area contributed by atoms with Gasteiger partial charge in [0.1, 0.15) is 0 Å². The summed E-state index contributed by atoms with van der Waals surface area (Å²) in [6, 6.07) is 9.45. The summed E-state index contributed by atoms with van der Waals surface area (Å²) in [5, 5.41) is 9.08. The zero-order chi connectivity index (χ0) is 12.3. The van der Waals surface area contributed by atoms with Crippen LogP contribution < -0.4 is 4.90 Å². The fourth-order valence-corrected chi connectivity index (χ4v) is 2.68. The molecule has 1 aromatic rings. The molecular weight excluding hydrogens is 210 g/mol. The van der Waals surface area contributed by atoms with Gasteiger partial charge in [0.05, 0.1) is 0 Å². The van der Waals surface area contributed by atoms with Crippen LogP contribution in [-0.2, 0) is 0 Å². The van der Waals surface area contributed by atoms with Crippen molar-refractivity contribution in [2.24, 2.45) is 0 Å². The molecule has 94 valence electrons. The minimum absolute atomic E-state index is 0.297. The highest BCUT2D eigenvalue weighted by Crippen LogP contribution is 2.28. The van der Waals surface area contributed by atoms with Crippen molar-refractivity contribution in [1.82, 2.24) is 0 Å². The Morgan fingerprint density at radius 3 is 2.59 bits per heavy atom. The van der Waals surface area contributed by atoms with Crippen LogP contribution in [0.4, 0.5) is 5.69 Å². The van der Waals surface area contributed by atoms with Gasteiger partial charge in [-0.25, -0.2) is 0 Å². The van der Waals surface area contributed by atoms with E-state index in [0.717, 1.165) is 13.0 Å². The van der Waals surface area contributed by atoms with Crippen LogP contribution >= 0.6 is 0 Å². The normalized spacial score (nSPS) is 20.2. The minimum Gasteiger partial charge on any atom is -0.396 e. The molecule has 0 aliphatic carbocycles. The highest BCUT2D eigenvalue weighted by atomic mass is 16.3. The summed E-state index contributed by atoms with van der Waals surface area (Å²) in [6.45, 7) is 5.87. The van der Waals surface area contributed by atoms with Crippen molar-refractivity contribution in [3.8, 4) is 0 Å². The van der Waals surface area contributed by atoms with Crippen LogP contribution in [0.1, 0.15) is 44.6 Å². The Hall–Kier alpha value is -1.02. The molecule has 1 aliphatic rings. The first-order valence-corrected chi connectivity index (χ1v) is 6.70. The molecule has 0 aromatic heterocycles. The molecule has 1 aliphatic heterocycles. The summed E-state index contributed by atoms with van der Waals surface area (Å²) in [4.78, 5) is 2.44. The van der Waals surface area contributed by atoms with Gasteiger partial charge in [0.2, 0.25) is 0 Å². The lowest BCUT2D eigenvalue weighted by atomic mass is 10.0. The summed E-state index contributed by atoms with van der Waals surface area (Å²) in [5.41, 5.74) is 2.71. The number of nitrogens with zero attached hydrogens (tertiary/aromatic N) is 1. The fraction of sp³-hybridized carbons (Fsp3) is 0.600. The van der Waals surface area contributed by atoms with Crippen molar-refractivity contribution < 1.29 is 5.11 Å². The minimum atomic E-state index is 0.297. The molecule has 0 bridgehead atoms. The van der Waals surface area contributed by atoms with E-state index in [4.69, 9.17) is 5.11 Å². The highest BCUT2D eigenvalue weighted by molar-refractivity contribution is 5.49. The third-order valence-electron chi connectivity index (χ3n) is 3.73. The monoisotopic (exact) mass is 233 g/mol. The largest absolute Gasteiger partial charge is 0.396 e. The second-order valence-corrected chi connectivity index (χ2v) is 5.25. The van der Waals surface area contributed by atoms with Crippen molar-refractivity contribution in [2.75, 3.05) is 18.1 Å². The molecule has 1 unspecified atom stereocenters. The van der Waals surface area contributed by atoms with Crippen LogP contribution in [-0.4, -0.2) is 24.3 Å².